The molecule has 3 aromatic heterocycles. The van der Waals surface area contributed by atoms with E-state index in [0.717, 1.165) is 17.0 Å². The number of halogens is 1. The molecule has 0 fully saturated rings. The molecule has 0 amide bonds. The Morgan fingerprint density at radius 2 is 1.93 bits per heavy atom. The molecule has 0 spiro atoms. The Morgan fingerprint density at radius 3 is 2.79 bits per heavy atom. The van der Waals surface area contributed by atoms with Crippen molar-refractivity contribution in [2.24, 2.45) is 0 Å². The summed E-state index contributed by atoms with van der Waals surface area (Å²) in [4.78, 5) is 20.5. The molecule has 8 heteroatoms. The van der Waals surface area contributed by atoms with Crippen LogP contribution in [0.15, 0.2) is 61.2 Å². The molecule has 0 radical (unpaired) electrons. The SMILES string of the molecule is C[C@@H](Nc1ncnc2[nH]cnc12)c1nc2ccc(F)cc2n1-c1ccccc1. The van der Waals surface area contributed by atoms with Crippen LogP contribution in [0.1, 0.15) is 18.8 Å². The largest absolute Gasteiger partial charge is 0.358 e. The minimum atomic E-state index is -0.300. The van der Waals surface area contributed by atoms with E-state index in [1.807, 2.05) is 41.8 Å². The standard InChI is InChI=1S/C20H16FN7/c1-12(26-19-17-18(23-10-22-17)24-11-25-19)20-27-15-8-7-13(21)9-16(15)28(20)14-5-3-2-4-6-14/h2-12H,1H3,(H2,22,23,24,25,26)/t12-/m1/s1. The first-order valence-corrected chi connectivity index (χ1v) is 8.84. The summed E-state index contributed by atoms with van der Waals surface area (Å²) in [5.41, 5.74) is 3.65. The molecule has 0 saturated heterocycles. The first kappa shape index (κ1) is 16.4. The van der Waals surface area contributed by atoms with Gasteiger partial charge >= 0.3 is 0 Å². The van der Waals surface area contributed by atoms with E-state index in [4.69, 9.17) is 4.98 Å². The van der Waals surface area contributed by atoms with Gasteiger partial charge in [-0.2, -0.15) is 0 Å². The predicted octanol–water partition coefficient (Wildman–Crippen LogP) is 4.00. The van der Waals surface area contributed by atoms with Crippen molar-refractivity contribution in [1.82, 2.24) is 29.5 Å². The molecular weight excluding hydrogens is 357 g/mol. The van der Waals surface area contributed by atoms with Crippen LogP contribution in [0, 0.1) is 5.82 Å². The fourth-order valence-electron chi connectivity index (χ4n) is 3.35. The number of fused-ring (bicyclic) bond motifs is 2. The number of anilines is 1. The maximum atomic E-state index is 13.9. The Bertz CT molecular complexity index is 1280. The van der Waals surface area contributed by atoms with Crippen molar-refractivity contribution in [3.05, 3.63) is 72.8 Å². The number of hydrogen-bond donors (Lipinski definition) is 2. The highest BCUT2D eigenvalue weighted by atomic mass is 19.1. The van der Waals surface area contributed by atoms with Crippen molar-refractivity contribution in [3.63, 3.8) is 0 Å². The van der Waals surface area contributed by atoms with E-state index in [1.165, 1.54) is 18.5 Å². The number of imidazole rings is 2. The van der Waals surface area contributed by atoms with Crippen LogP contribution in [0.3, 0.4) is 0 Å². The highest BCUT2D eigenvalue weighted by Crippen LogP contribution is 2.28. The second kappa shape index (κ2) is 6.41. The maximum Gasteiger partial charge on any atom is 0.162 e. The molecule has 5 aromatic rings. The summed E-state index contributed by atoms with van der Waals surface area (Å²) >= 11 is 0. The van der Waals surface area contributed by atoms with Crippen LogP contribution in [-0.2, 0) is 0 Å². The van der Waals surface area contributed by atoms with Crippen LogP contribution in [0.5, 0.6) is 0 Å². The quantitative estimate of drug-likeness (QED) is 0.497. The zero-order valence-corrected chi connectivity index (χ0v) is 15.0. The number of para-hydroxylation sites is 1. The minimum Gasteiger partial charge on any atom is -0.358 e. The summed E-state index contributed by atoms with van der Waals surface area (Å²) in [6, 6.07) is 14.2. The number of rotatable bonds is 4. The molecule has 28 heavy (non-hydrogen) atoms. The van der Waals surface area contributed by atoms with Gasteiger partial charge in [0.2, 0.25) is 0 Å². The van der Waals surface area contributed by atoms with Gasteiger partial charge in [-0.15, -0.1) is 0 Å². The smallest absolute Gasteiger partial charge is 0.162 e. The van der Waals surface area contributed by atoms with Gasteiger partial charge in [0.05, 0.1) is 23.4 Å². The number of nitrogens with one attached hydrogen (secondary N) is 2. The molecular formula is C20H16FN7. The fourth-order valence-corrected chi connectivity index (χ4v) is 3.35. The maximum absolute atomic E-state index is 13.9. The Kier molecular flexibility index (Phi) is 3.75. The molecule has 0 bridgehead atoms. The van der Waals surface area contributed by atoms with Gasteiger partial charge in [-0.25, -0.2) is 24.3 Å². The first-order valence-electron chi connectivity index (χ1n) is 8.84. The summed E-state index contributed by atoms with van der Waals surface area (Å²) in [6.07, 6.45) is 3.06. The Morgan fingerprint density at radius 1 is 1.07 bits per heavy atom. The Hall–Kier alpha value is -3.81. The van der Waals surface area contributed by atoms with E-state index in [0.29, 0.717) is 22.5 Å². The third-order valence-electron chi connectivity index (χ3n) is 4.61. The second-order valence-corrected chi connectivity index (χ2v) is 6.46. The highest BCUT2D eigenvalue weighted by Gasteiger charge is 2.20. The summed E-state index contributed by atoms with van der Waals surface area (Å²) in [5.74, 6) is 1.05. The number of benzene rings is 2. The van der Waals surface area contributed by atoms with Gasteiger partial charge < -0.3 is 10.3 Å². The lowest BCUT2D eigenvalue weighted by atomic mass is 10.2. The average Bonchev–Trinajstić information content (AvgIpc) is 3.33. The summed E-state index contributed by atoms with van der Waals surface area (Å²) in [7, 11) is 0. The lowest BCUT2D eigenvalue weighted by Crippen LogP contribution is -2.14. The number of hydrogen-bond acceptors (Lipinski definition) is 5. The van der Waals surface area contributed by atoms with Crippen molar-refractivity contribution in [2.75, 3.05) is 5.32 Å². The Labute approximate surface area is 159 Å². The van der Waals surface area contributed by atoms with Crippen LogP contribution in [0.2, 0.25) is 0 Å². The molecule has 0 aliphatic carbocycles. The van der Waals surface area contributed by atoms with E-state index in [-0.39, 0.29) is 11.9 Å². The van der Waals surface area contributed by atoms with E-state index in [2.05, 4.69) is 25.3 Å². The van der Waals surface area contributed by atoms with E-state index in [1.54, 1.807) is 12.4 Å². The number of H-pyrrole nitrogens is 1. The van der Waals surface area contributed by atoms with Gasteiger partial charge in [0, 0.05) is 11.8 Å². The van der Waals surface area contributed by atoms with Gasteiger partial charge in [-0.1, -0.05) is 18.2 Å². The Balaban J connectivity index is 1.64. The van der Waals surface area contributed by atoms with Gasteiger partial charge in [-0.3, -0.25) is 4.57 Å². The van der Waals surface area contributed by atoms with E-state index >= 15 is 0 Å². The minimum absolute atomic E-state index is 0.217. The van der Waals surface area contributed by atoms with Gasteiger partial charge in [0.15, 0.2) is 11.5 Å². The van der Waals surface area contributed by atoms with Gasteiger partial charge in [0.1, 0.15) is 23.5 Å². The van der Waals surface area contributed by atoms with Crippen molar-refractivity contribution < 1.29 is 4.39 Å². The van der Waals surface area contributed by atoms with Crippen molar-refractivity contribution in [2.45, 2.75) is 13.0 Å². The normalized spacial score (nSPS) is 12.5. The van der Waals surface area contributed by atoms with Gasteiger partial charge in [-0.05, 0) is 31.2 Å². The summed E-state index contributed by atoms with van der Waals surface area (Å²) in [6.45, 7) is 1.98. The highest BCUT2D eigenvalue weighted by molar-refractivity contribution is 5.82. The molecule has 0 unspecified atom stereocenters. The molecule has 0 aliphatic rings. The van der Waals surface area contributed by atoms with Crippen LogP contribution >= 0.6 is 0 Å². The van der Waals surface area contributed by atoms with Crippen molar-refractivity contribution in [3.8, 4) is 5.69 Å². The molecule has 0 aliphatic heterocycles. The topological polar surface area (TPSA) is 84.3 Å². The predicted molar refractivity (Wildman–Crippen MR) is 105 cm³/mol. The van der Waals surface area contributed by atoms with Gasteiger partial charge in [0.25, 0.3) is 0 Å². The molecule has 2 N–H and O–H groups in total. The fraction of sp³-hybridized carbons (Fsp3) is 0.100. The zero-order valence-electron chi connectivity index (χ0n) is 15.0. The molecule has 1 atom stereocenters. The third-order valence-corrected chi connectivity index (χ3v) is 4.61. The van der Waals surface area contributed by atoms with Crippen LogP contribution < -0.4 is 5.32 Å². The van der Waals surface area contributed by atoms with Crippen molar-refractivity contribution in [1.29, 1.82) is 0 Å². The van der Waals surface area contributed by atoms with Crippen LogP contribution in [-0.4, -0.2) is 29.5 Å². The van der Waals surface area contributed by atoms with Crippen LogP contribution in [0.4, 0.5) is 10.2 Å². The molecule has 0 saturated carbocycles. The molecule has 2 aromatic carbocycles. The average molecular weight is 373 g/mol. The second-order valence-electron chi connectivity index (χ2n) is 6.46. The first-order chi connectivity index (χ1) is 13.7. The molecule has 138 valence electrons. The van der Waals surface area contributed by atoms with Crippen LogP contribution in [0.25, 0.3) is 27.9 Å². The lowest BCUT2D eigenvalue weighted by Gasteiger charge is -2.17. The van der Waals surface area contributed by atoms with E-state index in [9.17, 15) is 4.39 Å². The molecule has 7 nitrogen and oxygen atoms in total. The number of nitrogens with zero attached hydrogens (tertiary/aromatic N) is 5. The number of aromatic nitrogens is 6. The third kappa shape index (κ3) is 2.66. The summed E-state index contributed by atoms with van der Waals surface area (Å²) < 4.78 is 15.9. The van der Waals surface area contributed by atoms with E-state index < -0.39 is 0 Å². The lowest BCUT2D eigenvalue weighted by molar-refractivity contribution is 0.629. The molecule has 3 heterocycles. The monoisotopic (exact) mass is 373 g/mol. The number of aromatic amines is 1. The summed E-state index contributed by atoms with van der Waals surface area (Å²) in [5, 5.41) is 3.36. The van der Waals surface area contributed by atoms with Crippen molar-refractivity contribution >= 4 is 28.0 Å². The molecule has 5 rings (SSSR count). The zero-order chi connectivity index (χ0) is 19.1.